The Kier molecular flexibility index (Phi) is 4.94. The van der Waals surface area contributed by atoms with Crippen LogP contribution in [0.3, 0.4) is 0 Å². The van der Waals surface area contributed by atoms with E-state index in [9.17, 15) is 9.59 Å². The Morgan fingerprint density at radius 3 is 2.93 bits per heavy atom. The Morgan fingerprint density at radius 2 is 2.22 bits per heavy atom. The zero-order valence-corrected chi connectivity index (χ0v) is 16.6. The first-order chi connectivity index (χ1) is 13.0. The number of likely N-dealkylation sites (tertiary alicyclic amines) is 1. The van der Waals surface area contributed by atoms with Crippen LogP contribution in [0.5, 0.6) is 0 Å². The van der Waals surface area contributed by atoms with Crippen LogP contribution in [0, 0.1) is 5.92 Å². The lowest BCUT2D eigenvalue weighted by atomic mass is 9.94. The van der Waals surface area contributed by atoms with Crippen LogP contribution in [-0.4, -0.2) is 33.7 Å². The Bertz CT molecular complexity index is 988. The number of carbonyl (C=O) groups is 2. The number of pyridine rings is 1. The number of hydrogen-bond donors (Lipinski definition) is 1. The summed E-state index contributed by atoms with van der Waals surface area (Å²) in [7, 11) is 1.72. The second-order valence-electron chi connectivity index (χ2n) is 6.18. The summed E-state index contributed by atoms with van der Waals surface area (Å²) in [5.74, 6) is -0.765. The number of thiophene rings is 1. The maximum absolute atomic E-state index is 12.9. The Hall–Kier alpha value is -2.29. The smallest absolute Gasteiger partial charge is 0.232 e. The van der Waals surface area contributed by atoms with Crippen molar-refractivity contribution < 1.29 is 9.59 Å². The molecule has 3 aromatic heterocycles. The van der Waals surface area contributed by atoms with E-state index in [0.717, 1.165) is 16.1 Å². The lowest BCUT2D eigenvalue weighted by molar-refractivity contribution is -0.127. The molecule has 27 heavy (non-hydrogen) atoms. The van der Waals surface area contributed by atoms with Crippen molar-refractivity contribution in [2.24, 2.45) is 5.92 Å². The maximum Gasteiger partial charge on any atom is 0.232 e. The van der Waals surface area contributed by atoms with E-state index in [0.29, 0.717) is 9.47 Å². The van der Waals surface area contributed by atoms with E-state index >= 15 is 0 Å². The molecule has 1 saturated heterocycles. The van der Waals surface area contributed by atoms with Gasteiger partial charge in [0, 0.05) is 31.2 Å². The fraction of sp³-hybridized carbons (Fsp3) is 0.222. The summed E-state index contributed by atoms with van der Waals surface area (Å²) < 4.78 is 0.690. The van der Waals surface area contributed by atoms with E-state index < -0.39 is 5.92 Å². The van der Waals surface area contributed by atoms with Crippen molar-refractivity contribution in [1.82, 2.24) is 14.9 Å². The number of carbonyl (C=O) groups excluding carboxylic acids is 2. The molecule has 4 heterocycles. The van der Waals surface area contributed by atoms with Crippen LogP contribution in [0.1, 0.15) is 18.0 Å². The van der Waals surface area contributed by atoms with Crippen molar-refractivity contribution >= 4 is 51.2 Å². The van der Waals surface area contributed by atoms with E-state index in [1.165, 1.54) is 22.7 Å². The number of thiazole rings is 1. The van der Waals surface area contributed by atoms with Crippen molar-refractivity contribution in [3.8, 4) is 10.6 Å². The van der Waals surface area contributed by atoms with Gasteiger partial charge in [0.2, 0.25) is 11.8 Å². The Balaban J connectivity index is 1.53. The summed E-state index contributed by atoms with van der Waals surface area (Å²) in [5, 5.41) is 5.25. The van der Waals surface area contributed by atoms with Crippen molar-refractivity contribution in [3.05, 3.63) is 51.9 Å². The second kappa shape index (κ2) is 7.38. The van der Waals surface area contributed by atoms with Crippen molar-refractivity contribution in [3.63, 3.8) is 0 Å². The average Bonchev–Trinajstić information content (AvgIpc) is 3.36. The molecule has 2 unspecified atom stereocenters. The molecule has 0 aliphatic carbocycles. The molecule has 9 heteroatoms. The molecule has 3 aromatic rings. The highest BCUT2D eigenvalue weighted by Gasteiger charge is 2.43. The van der Waals surface area contributed by atoms with Gasteiger partial charge in [-0.25, -0.2) is 4.98 Å². The number of hydrogen-bond acceptors (Lipinski definition) is 6. The predicted molar refractivity (Wildman–Crippen MR) is 107 cm³/mol. The number of nitrogens with one attached hydrogen (secondary N) is 1. The van der Waals surface area contributed by atoms with Gasteiger partial charge in [-0.2, -0.15) is 0 Å². The summed E-state index contributed by atoms with van der Waals surface area (Å²) >= 11 is 8.76. The number of halogens is 1. The zero-order chi connectivity index (χ0) is 19.0. The fourth-order valence-corrected chi connectivity index (χ4v) is 5.00. The minimum Gasteiger partial charge on any atom is -0.338 e. The molecule has 6 nitrogen and oxygen atoms in total. The third-order valence-electron chi connectivity index (χ3n) is 4.51. The standard InChI is InChI=1S/C18H15ClN4O2S2/c1-23-15(24)7-11(16(23)10-3-2-6-20-8-10)17(25)22-18-21-12(9-26-18)13-4-5-14(19)27-13/h2-6,8-9,11,16H,7H2,1H3,(H,21,22,25). The highest BCUT2D eigenvalue weighted by molar-refractivity contribution is 7.20. The average molecular weight is 419 g/mol. The second-order valence-corrected chi connectivity index (χ2v) is 8.75. The molecule has 2 amide bonds. The number of aromatic nitrogens is 2. The van der Waals surface area contributed by atoms with Gasteiger partial charge in [-0.05, 0) is 23.8 Å². The quantitative estimate of drug-likeness (QED) is 0.692. The van der Waals surface area contributed by atoms with Crippen LogP contribution in [-0.2, 0) is 9.59 Å². The molecule has 1 aliphatic rings. The van der Waals surface area contributed by atoms with E-state index in [1.54, 1.807) is 30.4 Å². The SMILES string of the molecule is CN1C(=O)CC(C(=O)Nc2nc(-c3ccc(Cl)s3)cs2)C1c1cccnc1. The molecule has 0 spiro atoms. The molecule has 0 radical (unpaired) electrons. The van der Waals surface area contributed by atoms with Gasteiger partial charge in [-0.15, -0.1) is 22.7 Å². The van der Waals surface area contributed by atoms with Gasteiger partial charge in [-0.1, -0.05) is 17.7 Å². The first kappa shape index (κ1) is 18.1. The van der Waals surface area contributed by atoms with Crippen LogP contribution < -0.4 is 5.32 Å². The highest BCUT2D eigenvalue weighted by Crippen LogP contribution is 2.38. The lowest BCUT2D eigenvalue weighted by Crippen LogP contribution is -2.30. The topological polar surface area (TPSA) is 75.2 Å². The van der Waals surface area contributed by atoms with Gasteiger partial charge in [0.1, 0.15) is 0 Å². The van der Waals surface area contributed by atoms with E-state index in [1.807, 2.05) is 23.6 Å². The third-order valence-corrected chi connectivity index (χ3v) is 6.52. The summed E-state index contributed by atoms with van der Waals surface area (Å²) in [6.07, 6.45) is 3.53. The van der Waals surface area contributed by atoms with Gasteiger partial charge >= 0.3 is 0 Å². The summed E-state index contributed by atoms with van der Waals surface area (Å²) in [6.45, 7) is 0. The monoisotopic (exact) mass is 418 g/mol. The summed E-state index contributed by atoms with van der Waals surface area (Å²) in [6, 6.07) is 7.07. The third kappa shape index (κ3) is 3.60. The van der Waals surface area contributed by atoms with Gasteiger partial charge < -0.3 is 10.2 Å². The van der Waals surface area contributed by atoms with Crippen LogP contribution >= 0.6 is 34.3 Å². The van der Waals surface area contributed by atoms with E-state index in [2.05, 4.69) is 15.3 Å². The number of amides is 2. The molecule has 0 saturated carbocycles. The summed E-state index contributed by atoms with van der Waals surface area (Å²) in [4.78, 5) is 36.2. The van der Waals surface area contributed by atoms with E-state index in [4.69, 9.17) is 11.6 Å². The van der Waals surface area contributed by atoms with Crippen LogP contribution in [0.15, 0.2) is 42.0 Å². The van der Waals surface area contributed by atoms with Crippen molar-refractivity contribution in [1.29, 1.82) is 0 Å². The molecule has 0 aromatic carbocycles. The van der Waals surface area contributed by atoms with E-state index in [-0.39, 0.29) is 24.3 Å². The first-order valence-electron chi connectivity index (χ1n) is 8.20. The molecule has 138 valence electrons. The Morgan fingerprint density at radius 1 is 1.37 bits per heavy atom. The molecule has 2 atom stereocenters. The summed E-state index contributed by atoms with van der Waals surface area (Å²) in [5.41, 5.74) is 1.62. The first-order valence-corrected chi connectivity index (χ1v) is 10.3. The highest BCUT2D eigenvalue weighted by atomic mass is 35.5. The molecule has 0 bridgehead atoms. The fourth-order valence-electron chi connectivity index (χ4n) is 3.21. The molecular weight excluding hydrogens is 404 g/mol. The molecule has 1 N–H and O–H groups in total. The van der Waals surface area contributed by atoms with Crippen LogP contribution in [0.25, 0.3) is 10.6 Å². The molecular formula is C18H15ClN4O2S2. The number of nitrogens with zero attached hydrogens (tertiary/aromatic N) is 3. The van der Waals surface area contributed by atoms with Crippen LogP contribution in [0.4, 0.5) is 5.13 Å². The van der Waals surface area contributed by atoms with Crippen molar-refractivity contribution in [2.75, 3.05) is 12.4 Å². The lowest BCUT2D eigenvalue weighted by Gasteiger charge is -2.24. The number of rotatable bonds is 4. The largest absolute Gasteiger partial charge is 0.338 e. The van der Waals surface area contributed by atoms with Gasteiger partial charge in [0.05, 0.1) is 26.9 Å². The minimum absolute atomic E-state index is 0.0583. The molecule has 1 fully saturated rings. The maximum atomic E-state index is 12.9. The molecule has 4 rings (SSSR count). The van der Waals surface area contributed by atoms with Gasteiger partial charge in [-0.3, -0.25) is 14.6 Å². The van der Waals surface area contributed by atoms with Gasteiger partial charge in [0.15, 0.2) is 5.13 Å². The zero-order valence-electron chi connectivity index (χ0n) is 14.3. The molecule has 1 aliphatic heterocycles. The van der Waals surface area contributed by atoms with Crippen molar-refractivity contribution in [2.45, 2.75) is 12.5 Å². The minimum atomic E-state index is -0.491. The normalized spacial score (nSPS) is 19.5. The predicted octanol–water partition coefficient (Wildman–Crippen LogP) is 4.08. The number of anilines is 1. The van der Waals surface area contributed by atoms with Gasteiger partial charge in [0.25, 0.3) is 0 Å². The Labute approximate surface area is 168 Å². The van der Waals surface area contributed by atoms with Crippen LogP contribution in [0.2, 0.25) is 4.34 Å².